The molecule has 8 heteroatoms. The highest BCUT2D eigenvalue weighted by Gasteiger charge is 2.17. The molecule has 20 heavy (non-hydrogen) atoms. The highest BCUT2D eigenvalue weighted by Crippen LogP contribution is 1.98. The van der Waals surface area contributed by atoms with Crippen molar-refractivity contribution < 1.29 is 27.4 Å². The van der Waals surface area contributed by atoms with Gasteiger partial charge in [0, 0.05) is 13.0 Å². The first-order chi connectivity index (χ1) is 9.52. The third-order valence-electron chi connectivity index (χ3n) is 2.15. The van der Waals surface area contributed by atoms with Crippen molar-refractivity contribution in [2.75, 3.05) is 44.5 Å². The number of nitriles is 1. The van der Waals surface area contributed by atoms with E-state index in [1.54, 1.807) is 0 Å². The first-order valence-electron chi connectivity index (χ1n) is 6.40. The summed E-state index contributed by atoms with van der Waals surface area (Å²) in [6.07, 6.45) is 0.384. The Bertz CT molecular complexity index is 401. The van der Waals surface area contributed by atoms with Gasteiger partial charge in [-0.25, -0.2) is 8.42 Å². The molecule has 0 unspecified atom stereocenters. The quantitative estimate of drug-likeness (QED) is 0.377. The predicted octanol–water partition coefficient (Wildman–Crippen LogP) is 0.301. The lowest BCUT2D eigenvalue weighted by Crippen LogP contribution is -2.22. The van der Waals surface area contributed by atoms with Crippen LogP contribution in [0.2, 0.25) is 0 Å². The Balaban J connectivity index is 3.65. The molecule has 0 radical (unpaired) electrons. The molecule has 0 heterocycles. The van der Waals surface area contributed by atoms with E-state index < -0.39 is 21.6 Å². The predicted molar refractivity (Wildman–Crippen MR) is 71.8 cm³/mol. The van der Waals surface area contributed by atoms with E-state index in [0.717, 1.165) is 0 Å². The minimum absolute atomic E-state index is 0.0126. The van der Waals surface area contributed by atoms with Crippen LogP contribution in [0, 0.1) is 11.3 Å². The molecule has 0 aromatic carbocycles. The maximum absolute atomic E-state index is 11.5. The Hall–Kier alpha value is -1.17. The molecular formula is C12H21NO6S. The van der Waals surface area contributed by atoms with Gasteiger partial charge in [-0.05, 0) is 13.3 Å². The highest BCUT2D eigenvalue weighted by molar-refractivity contribution is 7.92. The number of hydrogen-bond donors (Lipinski definition) is 0. The van der Waals surface area contributed by atoms with E-state index in [1.165, 1.54) is 0 Å². The third-order valence-corrected chi connectivity index (χ3v) is 3.73. The molecule has 0 aromatic rings. The first kappa shape index (κ1) is 18.8. The van der Waals surface area contributed by atoms with Crippen LogP contribution in [-0.4, -0.2) is 58.9 Å². The summed E-state index contributed by atoms with van der Waals surface area (Å²) in [5.74, 6) is -1.63. The summed E-state index contributed by atoms with van der Waals surface area (Å²) in [5.41, 5.74) is 0. The fourth-order valence-corrected chi connectivity index (χ4v) is 2.41. The second kappa shape index (κ2) is 11.6. The summed E-state index contributed by atoms with van der Waals surface area (Å²) in [7, 11) is -3.49. The molecular weight excluding hydrogens is 286 g/mol. The van der Waals surface area contributed by atoms with Gasteiger partial charge in [0.1, 0.15) is 12.4 Å². The number of hydrogen-bond acceptors (Lipinski definition) is 7. The molecule has 0 spiro atoms. The number of esters is 1. The molecule has 0 N–H and O–H groups in total. The second-order valence-corrected chi connectivity index (χ2v) is 6.07. The van der Waals surface area contributed by atoms with E-state index in [-0.39, 0.29) is 31.8 Å². The van der Waals surface area contributed by atoms with Gasteiger partial charge in [0.25, 0.3) is 0 Å². The smallest absolute Gasteiger partial charge is 0.321 e. The molecule has 0 aliphatic rings. The first-order valence-corrected chi connectivity index (χ1v) is 8.22. The number of ether oxygens (including phenoxy) is 3. The van der Waals surface area contributed by atoms with Crippen LogP contribution in [0.15, 0.2) is 0 Å². The highest BCUT2D eigenvalue weighted by atomic mass is 32.2. The molecule has 0 saturated heterocycles. The van der Waals surface area contributed by atoms with Crippen LogP contribution >= 0.6 is 0 Å². The molecule has 0 saturated carbocycles. The zero-order valence-corrected chi connectivity index (χ0v) is 12.5. The molecule has 0 rings (SSSR count). The average molecular weight is 307 g/mol. The van der Waals surface area contributed by atoms with Gasteiger partial charge in [-0.15, -0.1) is 0 Å². The molecule has 7 nitrogen and oxygen atoms in total. The second-order valence-electron chi connectivity index (χ2n) is 3.88. The van der Waals surface area contributed by atoms with Gasteiger partial charge in [0.2, 0.25) is 0 Å². The normalized spacial score (nSPS) is 11.0. The van der Waals surface area contributed by atoms with Crippen molar-refractivity contribution in [2.24, 2.45) is 0 Å². The van der Waals surface area contributed by atoms with E-state index in [9.17, 15) is 13.2 Å². The Morgan fingerprint density at radius 2 is 1.80 bits per heavy atom. The van der Waals surface area contributed by atoms with E-state index in [4.69, 9.17) is 19.5 Å². The van der Waals surface area contributed by atoms with Crippen LogP contribution in [-0.2, 0) is 28.8 Å². The summed E-state index contributed by atoms with van der Waals surface area (Å²) in [4.78, 5) is 11.3. The lowest BCUT2D eigenvalue weighted by molar-refractivity contribution is -0.142. The maximum Gasteiger partial charge on any atom is 0.321 e. The maximum atomic E-state index is 11.5. The summed E-state index contributed by atoms with van der Waals surface area (Å²) in [5, 5.41) is 8.31. The lowest BCUT2D eigenvalue weighted by atomic mass is 10.4. The van der Waals surface area contributed by atoms with Crippen LogP contribution in [0.25, 0.3) is 0 Å². The Morgan fingerprint density at radius 3 is 2.45 bits per heavy atom. The number of sulfone groups is 1. The monoisotopic (exact) mass is 307 g/mol. The van der Waals surface area contributed by atoms with Crippen molar-refractivity contribution in [3.63, 3.8) is 0 Å². The average Bonchev–Trinajstić information content (AvgIpc) is 2.37. The zero-order valence-electron chi connectivity index (χ0n) is 11.7. The number of nitrogens with zero attached hydrogens (tertiary/aromatic N) is 1. The van der Waals surface area contributed by atoms with Crippen molar-refractivity contribution in [3.8, 4) is 6.07 Å². The van der Waals surface area contributed by atoms with Gasteiger partial charge in [-0.1, -0.05) is 0 Å². The van der Waals surface area contributed by atoms with E-state index in [2.05, 4.69) is 0 Å². The van der Waals surface area contributed by atoms with Gasteiger partial charge in [-0.3, -0.25) is 4.79 Å². The Kier molecular flexibility index (Phi) is 11.0. The summed E-state index contributed by atoms with van der Waals surface area (Å²) >= 11 is 0. The number of carbonyl (C=O) groups is 1. The molecule has 0 aliphatic carbocycles. The van der Waals surface area contributed by atoms with E-state index in [0.29, 0.717) is 19.8 Å². The summed E-state index contributed by atoms with van der Waals surface area (Å²) in [6, 6.07) is 1.85. The van der Waals surface area contributed by atoms with Crippen molar-refractivity contribution in [2.45, 2.75) is 19.8 Å². The molecule has 0 aromatic heterocycles. The topological polar surface area (TPSA) is 103 Å². The fraction of sp³-hybridized carbons (Fsp3) is 0.833. The Labute approximate surface area is 119 Å². The lowest BCUT2D eigenvalue weighted by Gasteiger charge is -2.06. The number of rotatable bonds is 12. The van der Waals surface area contributed by atoms with Crippen molar-refractivity contribution in [1.82, 2.24) is 0 Å². The van der Waals surface area contributed by atoms with Crippen LogP contribution in [0.1, 0.15) is 19.8 Å². The minimum Gasteiger partial charge on any atom is -0.462 e. The third kappa shape index (κ3) is 11.9. The van der Waals surface area contributed by atoms with Crippen LogP contribution < -0.4 is 0 Å². The molecule has 116 valence electrons. The van der Waals surface area contributed by atoms with Gasteiger partial charge >= 0.3 is 5.97 Å². The van der Waals surface area contributed by atoms with E-state index in [1.807, 2.05) is 13.0 Å². The van der Waals surface area contributed by atoms with Crippen LogP contribution in [0.3, 0.4) is 0 Å². The minimum atomic E-state index is -3.49. The van der Waals surface area contributed by atoms with Crippen molar-refractivity contribution >= 4 is 15.8 Å². The molecule has 0 atom stereocenters. The molecule has 0 amide bonds. The zero-order chi connectivity index (χ0) is 15.3. The van der Waals surface area contributed by atoms with Crippen molar-refractivity contribution in [3.05, 3.63) is 0 Å². The van der Waals surface area contributed by atoms with Gasteiger partial charge in [-0.2, -0.15) is 5.26 Å². The standard InChI is InChI=1S/C12H21NO6S/c1-2-17-6-7-18-8-9-19-12(14)11-20(15,16)10-4-3-5-13/h2-4,6-11H2,1H3. The molecule has 0 bridgehead atoms. The molecule has 0 aliphatic heterocycles. The largest absolute Gasteiger partial charge is 0.462 e. The van der Waals surface area contributed by atoms with Gasteiger partial charge in [0.05, 0.1) is 31.6 Å². The molecule has 0 fully saturated rings. The van der Waals surface area contributed by atoms with Crippen molar-refractivity contribution in [1.29, 1.82) is 5.26 Å². The van der Waals surface area contributed by atoms with Crippen LogP contribution in [0.5, 0.6) is 0 Å². The van der Waals surface area contributed by atoms with Crippen LogP contribution in [0.4, 0.5) is 0 Å². The fourth-order valence-electron chi connectivity index (χ4n) is 1.24. The van der Waals surface area contributed by atoms with Gasteiger partial charge in [0.15, 0.2) is 9.84 Å². The summed E-state index contributed by atoms with van der Waals surface area (Å²) < 4.78 is 37.8. The number of unbranched alkanes of at least 4 members (excludes halogenated alkanes) is 1. The van der Waals surface area contributed by atoms with Gasteiger partial charge < -0.3 is 14.2 Å². The van der Waals surface area contributed by atoms with E-state index >= 15 is 0 Å². The SMILES string of the molecule is CCOCCOCCOC(=O)CS(=O)(=O)CCCC#N. The number of carbonyl (C=O) groups excluding carboxylic acids is 1. The Morgan fingerprint density at radius 1 is 1.15 bits per heavy atom. The summed E-state index contributed by atoms with van der Waals surface area (Å²) in [6.45, 7) is 3.57.